The van der Waals surface area contributed by atoms with Crippen molar-refractivity contribution < 1.29 is 28.7 Å². The van der Waals surface area contributed by atoms with Gasteiger partial charge in [0.05, 0.1) is 11.6 Å². The van der Waals surface area contributed by atoms with E-state index in [1.54, 1.807) is 6.92 Å². The van der Waals surface area contributed by atoms with Crippen molar-refractivity contribution in [2.75, 3.05) is 13.1 Å². The van der Waals surface area contributed by atoms with Crippen LogP contribution in [-0.4, -0.2) is 72.8 Å². The Hall–Kier alpha value is -3.74. The molecule has 1 rings (SSSR count). The van der Waals surface area contributed by atoms with Crippen LogP contribution in [0.5, 0.6) is 0 Å². The fraction of sp³-hybridized carbons (Fsp3) is 0.688. The molecule has 0 radical (unpaired) electrons. The molecule has 0 saturated heterocycles. The van der Waals surface area contributed by atoms with E-state index in [2.05, 4.69) is 31.9 Å². The highest BCUT2D eigenvalue weighted by atomic mass is 16.5. The highest BCUT2D eigenvalue weighted by Crippen LogP contribution is 2.08. The molecule has 0 unspecified atom stereocenters. The van der Waals surface area contributed by atoms with Gasteiger partial charge < -0.3 is 37.1 Å². The van der Waals surface area contributed by atoms with E-state index in [-0.39, 0.29) is 41.2 Å². The number of pyridine rings is 1. The van der Waals surface area contributed by atoms with Crippen LogP contribution in [0.4, 0.5) is 0 Å². The van der Waals surface area contributed by atoms with E-state index in [1.807, 2.05) is 48.5 Å². The second-order valence-corrected chi connectivity index (χ2v) is 12.2. The first-order chi connectivity index (χ1) is 21.2. The zero-order chi connectivity index (χ0) is 34.1. The lowest BCUT2D eigenvalue weighted by atomic mass is 10.0. The van der Waals surface area contributed by atoms with E-state index >= 15 is 0 Å². The van der Waals surface area contributed by atoms with Gasteiger partial charge in [-0.25, -0.2) is 0 Å². The molecule has 1 aromatic rings. The zero-order valence-corrected chi connectivity index (χ0v) is 28.2. The van der Waals surface area contributed by atoms with Crippen LogP contribution in [0.2, 0.25) is 0 Å². The van der Waals surface area contributed by atoms with Gasteiger partial charge in [-0.3, -0.25) is 24.0 Å². The molecular weight excluding hydrogens is 578 g/mol. The minimum atomic E-state index is -0.865. The van der Waals surface area contributed by atoms with E-state index < -0.39 is 36.0 Å². The van der Waals surface area contributed by atoms with Gasteiger partial charge in [-0.1, -0.05) is 54.4 Å². The third-order valence-electron chi connectivity index (χ3n) is 7.24. The summed E-state index contributed by atoms with van der Waals surface area (Å²) in [6.45, 7) is 15.9. The minimum Gasteiger partial charge on any atom is -0.619 e. The van der Waals surface area contributed by atoms with Gasteiger partial charge in [-0.15, -0.1) is 0 Å². The number of nitrogens with one attached hydrogen (secondary N) is 6. The van der Waals surface area contributed by atoms with Crippen LogP contribution in [0.25, 0.3) is 0 Å². The summed E-state index contributed by atoms with van der Waals surface area (Å²) in [5.41, 5.74) is 0.245. The van der Waals surface area contributed by atoms with Crippen LogP contribution in [0, 0.1) is 17.0 Å². The van der Waals surface area contributed by atoms with Crippen LogP contribution in [0.15, 0.2) is 24.5 Å². The van der Waals surface area contributed by atoms with E-state index in [1.165, 1.54) is 24.5 Å². The average molecular weight is 634 g/mol. The third-order valence-corrected chi connectivity index (χ3v) is 7.24. The fourth-order valence-corrected chi connectivity index (χ4v) is 4.77. The lowest BCUT2D eigenvalue weighted by Crippen LogP contribution is -2.57. The van der Waals surface area contributed by atoms with Crippen molar-refractivity contribution in [1.29, 1.82) is 0 Å². The molecule has 0 aliphatic rings. The van der Waals surface area contributed by atoms with Crippen molar-refractivity contribution in [3.05, 3.63) is 35.3 Å². The lowest BCUT2D eigenvalue weighted by Gasteiger charge is -2.28. The molecule has 1 heterocycles. The summed E-state index contributed by atoms with van der Waals surface area (Å²) in [6.07, 6.45) is 5.05. The highest BCUT2D eigenvalue weighted by Gasteiger charge is 2.29. The highest BCUT2D eigenvalue weighted by molar-refractivity contribution is 5.98. The number of hydrogen-bond acceptors (Lipinski definition) is 7. The molecule has 13 nitrogen and oxygen atoms in total. The second-order valence-electron chi connectivity index (χ2n) is 12.2. The Bertz CT molecular complexity index is 1100. The maximum atomic E-state index is 13.5. The molecular formula is C32H55N7O6. The molecule has 45 heavy (non-hydrogen) atoms. The molecule has 0 bridgehead atoms. The maximum Gasteiger partial charge on any atom is 0.252 e. The van der Waals surface area contributed by atoms with Gasteiger partial charge in [0, 0.05) is 31.3 Å². The summed E-state index contributed by atoms with van der Waals surface area (Å²) in [6, 6.07) is -0.567. The molecule has 0 aromatic carbocycles. The molecule has 0 aliphatic carbocycles. The average Bonchev–Trinajstić information content (AvgIpc) is 2.97. The Balaban J connectivity index is 2.91. The lowest BCUT2D eigenvalue weighted by molar-refractivity contribution is -0.605. The number of nitrogens with zero attached hydrogens (tertiary/aromatic N) is 1. The molecule has 1 aromatic heterocycles. The molecule has 5 amide bonds. The summed E-state index contributed by atoms with van der Waals surface area (Å²) < 4.78 is 0.565. The third kappa shape index (κ3) is 14.3. The smallest absolute Gasteiger partial charge is 0.252 e. The number of aromatic nitrogens is 1. The van der Waals surface area contributed by atoms with Crippen molar-refractivity contribution in [2.45, 2.75) is 118 Å². The van der Waals surface area contributed by atoms with E-state index in [4.69, 9.17) is 0 Å². The number of amides is 5. The number of carbonyl (C=O) groups excluding carboxylic acids is 5. The molecule has 0 saturated carbocycles. The number of hydrogen-bond donors (Lipinski definition) is 6. The molecule has 0 aliphatic heterocycles. The Kier molecular flexibility index (Phi) is 17.7. The first kappa shape index (κ1) is 39.3. The van der Waals surface area contributed by atoms with Crippen LogP contribution in [0.1, 0.15) is 97.9 Å². The second kappa shape index (κ2) is 20.3. The van der Waals surface area contributed by atoms with Gasteiger partial charge in [-0.05, 0) is 44.9 Å². The van der Waals surface area contributed by atoms with E-state index in [0.29, 0.717) is 49.9 Å². The number of likely N-dealkylation sites (N-methyl/N-ethyl adjacent to an activating group) is 1. The largest absolute Gasteiger partial charge is 0.619 e. The molecule has 5 atom stereocenters. The molecule has 0 fully saturated rings. The molecule has 0 spiro atoms. The SMILES string of the molecule is CCC[C@H](NC(=O)c1cc[n+]([O-])cc1)C(=O)N[C@@H](CCC)C(=O)N[C@H](CN[C@@H](C)C(=O)N[C@H](C(=O)NCC)C(C)C)CC(C)C. The van der Waals surface area contributed by atoms with Gasteiger partial charge in [0.25, 0.3) is 5.91 Å². The normalized spacial score (nSPS) is 14.5. The summed E-state index contributed by atoms with van der Waals surface area (Å²) in [5, 5.41) is 28.6. The van der Waals surface area contributed by atoms with Crippen molar-refractivity contribution in [2.24, 2.45) is 11.8 Å². The summed E-state index contributed by atoms with van der Waals surface area (Å²) >= 11 is 0. The number of carbonyl (C=O) groups is 5. The van der Waals surface area contributed by atoms with Crippen molar-refractivity contribution in [1.82, 2.24) is 31.9 Å². The first-order valence-corrected chi connectivity index (χ1v) is 16.2. The Morgan fingerprint density at radius 3 is 1.82 bits per heavy atom. The van der Waals surface area contributed by atoms with Crippen molar-refractivity contribution in [3.63, 3.8) is 0 Å². The molecule has 6 N–H and O–H groups in total. The number of rotatable bonds is 20. The van der Waals surface area contributed by atoms with Gasteiger partial charge >= 0.3 is 0 Å². The Morgan fingerprint density at radius 1 is 0.756 bits per heavy atom. The fourth-order valence-electron chi connectivity index (χ4n) is 4.77. The minimum absolute atomic E-state index is 0.0962. The summed E-state index contributed by atoms with van der Waals surface area (Å²) in [5.74, 6) is -1.73. The van der Waals surface area contributed by atoms with E-state index in [0.717, 1.165) is 0 Å². The Labute approximate surface area is 268 Å². The van der Waals surface area contributed by atoms with Crippen LogP contribution < -0.4 is 36.6 Å². The molecule has 254 valence electrons. The van der Waals surface area contributed by atoms with Gasteiger partial charge in [0.15, 0.2) is 12.4 Å². The summed E-state index contributed by atoms with van der Waals surface area (Å²) in [7, 11) is 0. The predicted octanol–water partition coefficient (Wildman–Crippen LogP) is 1.29. The standard InChI is InChI=1S/C32H55N7O6/c1-9-12-25(37-31(43)26(13-10-2)36-29(41)23-14-16-39(45)17-15-23)30(42)35-24(18-20(4)5)19-34-22(8)28(40)38-27(21(6)7)32(44)33-11-3/h14-17,20-22,24-27,34H,9-13,18-19H2,1-8H3,(H,33,44)(H,35,42)(H,36,41)(H,37,43)(H,38,40)/t22-,24-,25-,26-,27-/m0/s1. The first-order valence-electron chi connectivity index (χ1n) is 16.2. The van der Waals surface area contributed by atoms with E-state index in [9.17, 15) is 29.2 Å². The maximum absolute atomic E-state index is 13.5. The van der Waals surface area contributed by atoms with Crippen LogP contribution in [0.3, 0.4) is 0 Å². The predicted molar refractivity (Wildman–Crippen MR) is 173 cm³/mol. The zero-order valence-electron chi connectivity index (χ0n) is 28.2. The topological polar surface area (TPSA) is 184 Å². The summed E-state index contributed by atoms with van der Waals surface area (Å²) in [4.78, 5) is 64.8. The van der Waals surface area contributed by atoms with Crippen molar-refractivity contribution >= 4 is 29.5 Å². The van der Waals surface area contributed by atoms with Gasteiger partial charge in [0.1, 0.15) is 18.1 Å². The van der Waals surface area contributed by atoms with Crippen molar-refractivity contribution in [3.8, 4) is 0 Å². The Morgan fingerprint density at radius 2 is 1.31 bits per heavy atom. The van der Waals surface area contributed by atoms with Crippen LogP contribution >= 0.6 is 0 Å². The van der Waals surface area contributed by atoms with Crippen LogP contribution in [-0.2, 0) is 19.2 Å². The quantitative estimate of drug-likeness (QED) is 0.0923. The van der Waals surface area contributed by atoms with Gasteiger partial charge in [0.2, 0.25) is 23.6 Å². The molecule has 13 heteroatoms. The monoisotopic (exact) mass is 633 g/mol. The van der Waals surface area contributed by atoms with Gasteiger partial charge in [-0.2, -0.15) is 4.73 Å².